The molecule has 0 saturated heterocycles. The van der Waals surface area contributed by atoms with Crippen molar-refractivity contribution in [2.24, 2.45) is 7.05 Å². The van der Waals surface area contributed by atoms with Gasteiger partial charge in [-0.05, 0) is 38.5 Å². The van der Waals surface area contributed by atoms with E-state index in [1.165, 1.54) is 0 Å². The Morgan fingerprint density at radius 1 is 1.15 bits per heavy atom. The van der Waals surface area contributed by atoms with E-state index >= 15 is 0 Å². The van der Waals surface area contributed by atoms with Crippen LogP contribution in [0, 0.1) is 20.8 Å². The van der Waals surface area contributed by atoms with Crippen LogP contribution in [-0.2, 0) is 13.7 Å². The monoisotopic (exact) mass is 382 g/mol. The molecule has 4 aromatic rings. The van der Waals surface area contributed by atoms with Gasteiger partial charge in [0, 0.05) is 18.5 Å². The molecule has 0 spiro atoms. The van der Waals surface area contributed by atoms with Gasteiger partial charge in [0.25, 0.3) is 0 Å². The molecule has 6 nitrogen and oxygen atoms in total. The zero-order chi connectivity index (χ0) is 19.1. The minimum atomic E-state index is 0.258. The van der Waals surface area contributed by atoms with Crippen LogP contribution in [0.25, 0.3) is 22.5 Å². The van der Waals surface area contributed by atoms with E-state index in [4.69, 9.17) is 20.8 Å². The summed E-state index contributed by atoms with van der Waals surface area (Å²) < 4.78 is 13.4. The van der Waals surface area contributed by atoms with Gasteiger partial charge in [-0.3, -0.25) is 4.68 Å². The third-order valence-corrected chi connectivity index (χ3v) is 4.83. The number of aromatic nitrogens is 4. The summed E-state index contributed by atoms with van der Waals surface area (Å²) in [6.45, 7) is 6.13. The van der Waals surface area contributed by atoms with Crippen LogP contribution in [0.2, 0.25) is 5.02 Å². The van der Waals surface area contributed by atoms with E-state index in [0.717, 1.165) is 27.9 Å². The number of aryl methyl sites for hydroxylation is 4. The van der Waals surface area contributed by atoms with Crippen molar-refractivity contribution in [3.63, 3.8) is 0 Å². The maximum atomic E-state index is 6.23. The van der Waals surface area contributed by atoms with E-state index in [-0.39, 0.29) is 6.61 Å². The number of pyridine rings is 1. The third kappa shape index (κ3) is 3.17. The molecular formula is C20H19ClN4O2. The van der Waals surface area contributed by atoms with E-state index in [1.54, 1.807) is 4.68 Å². The van der Waals surface area contributed by atoms with Gasteiger partial charge in [0.15, 0.2) is 5.65 Å². The lowest BCUT2D eigenvalue weighted by Crippen LogP contribution is -2.01. The van der Waals surface area contributed by atoms with Crippen LogP contribution < -0.4 is 4.74 Å². The van der Waals surface area contributed by atoms with Crippen molar-refractivity contribution in [2.75, 3.05) is 0 Å². The molecule has 7 heteroatoms. The Bertz CT molecular complexity index is 1150. The second-order valence-electron chi connectivity index (χ2n) is 6.48. The Morgan fingerprint density at radius 3 is 2.70 bits per heavy atom. The fourth-order valence-electron chi connectivity index (χ4n) is 3.16. The predicted octanol–water partition coefficient (Wildman–Crippen LogP) is 4.78. The molecule has 0 bridgehead atoms. The first-order valence-corrected chi connectivity index (χ1v) is 8.97. The van der Waals surface area contributed by atoms with E-state index in [9.17, 15) is 0 Å². The maximum Gasteiger partial charge on any atom is 0.228 e. The van der Waals surface area contributed by atoms with Crippen LogP contribution >= 0.6 is 11.6 Å². The number of rotatable bonds is 4. The van der Waals surface area contributed by atoms with Crippen LogP contribution in [0.1, 0.15) is 22.7 Å². The van der Waals surface area contributed by atoms with Crippen molar-refractivity contribution >= 4 is 22.6 Å². The largest absolute Gasteiger partial charge is 0.471 e. The standard InChI is InChI=1S/C20H19ClN4O2/c1-11-9-17(23-19-18(11)12(2)24-25(19)4)26-10-16-13(3)27-20(22-16)14-7-5-6-8-15(14)21/h5-9H,10H2,1-4H3. The highest BCUT2D eigenvalue weighted by atomic mass is 35.5. The van der Waals surface area contributed by atoms with Gasteiger partial charge in [0.1, 0.15) is 18.1 Å². The molecule has 0 saturated carbocycles. The molecule has 0 N–H and O–H groups in total. The molecular weight excluding hydrogens is 364 g/mol. The van der Waals surface area contributed by atoms with Crippen LogP contribution in [0.5, 0.6) is 5.88 Å². The number of benzene rings is 1. The van der Waals surface area contributed by atoms with Crippen molar-refractivity contribution in [2.45, 2.75) is 27.4 Å². The summed E-state index contributed by atoms with van der Waals surface area (Å²) in [6.07, 6.45) is 0. The molecule has 0 aliphatic carbocycles. The van der Waals surface area contributed by atoms with Gasteiger partial charge < -0.3 is 9.15 Å². The Labute approximate surface area is 161 Å². The average Bonchev–Trinajstić information content (AvgIpc) is 3.13. The quantitative estimate of drug-likeness (QED) is 0.508. The highest BCUT2D eigenvalue weighted by Gasteiger charge is 2.16. The van der Waals surface area contributed by atoms with E-state index in [1.807, 2.05) is 58.2 Å². The van der Waals surface area contributed by atoms with Crippen LogP contribution in [0.15, 0.2) is 34.7 Å². The molecule has 138 valence electrons. The molecule has 4 rings (SSSR count). The van der Waals surface area contributed by atoms with Gasteiger partial charge in [0.2, 0.25) is 11.8 Å². The molecule has 3 aromatic heterocycles. The van der Waals surface area contributed by atoms with Crippen molar-refractivity contribution in [3.8, 4) is 17.3 Å². The summed E-state index contributed by atoms with van der Waals surface area (Å²) in [5, 5.41) is 6.08. The number of fused-ring (bicyclic) bond motifs is 1. The first-order chi connectivity index (χ1) is 12.9. The molecule has 1 aromatic carbocycles. The summed E-state index contributed by atoms with van der Waals surface area (Å²) in [6, 6.07) is 9.37. The van der Waals surface area contributed by atoms with Crippen molar-refractivity contribution < 1.29 is 9.15 Å². The molecule has 0 atom stereocenters. The molecule has 27 heavy (non-hydrogen) atoms. The smallest absolute Gasteiger partial charge is 0.228 e. The average molecular weight is 383 g/mol. The number of oxazole rings is 1. The van der Waals surface area contributed by atoms with Crippen molar-refractivity contribution in [3.05, 3.63) is 58.1 Å². The zero-order valence-electron chi connectivity index (χ0n) is 15.6. The van der Waals surface area contributed by atoms with Gasteiger partial charge in [-0.15, -0.1) is 0 Å². The van der Waals surface area contributed by atoms with Crippen LogP contribution in [0.3, 0.4) is 0 Å². The lowest BCUT2D eigenvalue weighted by Gasteiger charge is -2.06. The second kappa shape index (κ2) is 6.70. The molecule has 3 heterocycles. The summed E-state index contributed by atoms with van der Waals surface area (Å²) in [5.41, 5.74) is 4.31. The maximum absolute atomic E-state index is 6.23. The summed E-state index contributed by atoms with van der Waals surface area (Å²) in [5.74, 6) is 1.71. The van der Waals surface area contributed by atoms with Gasteiger partial charge >= 0.3 is 0 Å². The Hall–Kier alpha value is -2.86. The second-order valence-corrected chi connectivity index (χ2v) is 6.88. The molecule has 0 aliphatic rings. The highest BCUT2D eigenvalue weighted by Crippen LogP contribution is 2.29. The van der Waals surface area contributed by atoms with E-state index < -0.39 is 0 Å². The fourth-order valence-corrected chi connectivity index (χ4v) is 3.37. The number of hydrogen-bond acceptors (Lipinski definition) is 5. The van der Waals surface area contributed by atoms with E-state index in [2.05, 4.69) is 15.1 Å². The molecule has 0 aliphatic heterocycles. The third-order valence-electron chi connectivity index (χ3n) is 4.50. The number of ether oxygens (including phenoxy) is 1. The molecule has 0 radical (unpaired) electrons. The molecule has 0 amide bonds. The first-order valence-electron chi connectivity index (χ1n) is 8.59. The number of halogens is 1. The van der Waals surface area contributed by atoms with Crippen LogP contribution in [0.4, 0.5) is 0 Å². The van der Waals surface area contributed by atoms with Gasteiger partial charge in [-0.2, -0.15) is 10.1 Å². The number of hydrogen-bond donors (Lipinski definition) is 0. The summed E-state index contributed by atoms with van der Waals surface area (Å²) >= 11 is 6.23. The molecule has 0 unspecified atom stereocenters. The Kier molecular flexibility index (Phi) is 4.36. The number of nitrogens with zero attached hydrogens (tertiary/aromatic N) is 4. The lowest BCUT2D eigenvalue weighted by atomic mass is 10.2. The Balaban J connectivity index is 1.60. The van der Waals surface area contributed by atoms with Gasteiger partial charge in [-0.25, -0.2) is 4.98 Å². The first kappa shape index (κ1) is 17.5. The zero-order valence-corrected chi connectivity index (χ0v) is 16.3. The minimum absolute atomic E-state index is 0.258. The van der Waals surface area contributed by atoms with Crippen LogP contribution in [-0.4, -0.2) is 19.7 Å². The topological polar surface area (TPSA) is 66.0 Å². The highest BCUT2D eigenvalue weighted by molar-refractivity contribution is 6.33. The van der Waals surface area contributed by atoms with Crippen molar-refractivity contribution in [1.29, 1.82) is 0 Å². The Morgan fingerprint density at radius 2 is 1.93 bits per heavy atom. The molecule has 0 fully saturated rings. The predicted molar refractivity (Wildman–Crippen MR) is 104 cm³/mol. The van der Waals surface area contributed by atoms with Crippen molar-refractivity contribution in [1.82, 2.24) is 19.7 Å². The summed E-state index contributed by atoms with van der Waals surface area (Å²) in [7, 11) is 1.88. The minimum Gasteiger partial charge on any atom is -0.471 e. The lowest BCUT2D eigenvalue weighted by molar-refractivity contribution is 0.288. The van der Waals surface area contributed by atoms with Gasteiger partial charge in [0.05, 0.1) is 16.3 Å². The van der Waals surface area contributed by atoms with Gasteiger partial charge in [-0.1, -0.05) is 23.7 Å². The normalized spacial score (nSPS) is 11.3. The van der Waals surface area contributed by atoms with E-state index in [0.29, 0.717) is 28.2 Å². The fraction of sp³-hybridized carbons (Fsp3) is 0.250. The SMILES string of the molecule is Cc1oc(-c2ccccc2Cl)nc1COc1cc(C)c2c(C)nn(C)c2n1. The summed E-state index contributed by atoms with van der Waals surface area (Å²) in [4.78, 5) is 9.12.